The van der Waals surface area contributed by atoms with Gasteiger partial charge >= 0.3 is 0 Å². The zero-order valence-corrected chi connectivity index (χ0v) is 15.7. The number of benzene rings is 2. The van der Waals surface area contributed by atoms with Crippen LogP contribution in [-0.4, -0.2) is 20.6 Å². The molecule has 1 N–H and O–H groups in total. The molecule has 0 atom stereocenters. The van der Waals surface area contributed by atoms with Crippen LogP contribution in [0.1, 0.15) is 16.1 Å². The van der Waals surface area contributed by atoms with Crippen LogP contribution in [0.25, 0.3) is 21.5 Å². The summed E-state index contributed by atoms with van der Waals surface area (Å²) in [5, 5.41) is 3.13. The molecule has 0 unspecified atom stereocenters. The Morgan fingerprint density at radius 2 is 1.96 bits per heavy atom. The molecule has 134 valence electrons. The zero-order valence-electron chi connectivity index (χ0n) is 14.1. The van der Waals surface area contributed by atoms with E-state index in [1.54, 1.807) is 17.5 Å². The van der Waals surface area contributed by atoms with Crippen molar-refractivity contribution < 1.29 is 4.79 Å². The van der Waals surface area contributed by atoms with Crippen molar-refractivity contribution in [2.45, 2.75) is 6.92 Å². The largest absolute Gasteiger partial charge is 0.289 e. The molecule has 2 aromatic heterocycles. The van der Waals surface area contributed by atoms with Gasteiger partial charge in [-0.1, -0.05) is 41.4 Å². The maximum absolute atomic E-state index is 12.5. The first-order chi connectivity index (χ1) is 13.0. The monoisotopic (exact) mass is 396 g/mol. The number of hydrogen-bond acceptors (Lipinski definition) is 5. The number of aryl methyl sites for hydroxylation is 1. The number of nitrogens with zero attached hydrogens (tertiary/aromatic N) is 3. The van der Waals surface area contributed by atoms with E-state index in [1.165, 1.54) is 23.7 Å². The quantitative estimate of drug-likeness (QED) is 0.570. The first-order valence-corrected chi connectivity index (χ1v) is 9.28. The lowest BCUT2D eigenvalue weighted by Crippen LogP contribution is -2.33. The summed E-state index contributed by atoms with van der Waals surface area (Å²) in [6, 6.07) is 12.7. The first-order valence-electron chi connectivity index (χ1n) is 8.02. The van der Waals surface area contributed by atoms with Crippen molar-refractivity contribution >= 4 is 39.7 Å². The van der Waals surface area contributed by atoms with Gasteiger partial charge in [0.1, 0.15) is 17.0 Å². The van der Waals surface area contributed by atoms with Gasteiger partial charge in [0.25, 0.3) is 11.5 Å². The van der Waals surface area contributed by atoms with Gasteiger partial charge in [0.15, 0.2) is 0 Å². The van der Waals surface area contributed by atoms with Crippen LogP contribution in [0.2, 0.25) is 5.02 Å². The minimum absolute atomic E-state index is 0.230. The summed E-state index contributed by atoms with van der Waals surface area (Å²) >= 11 is 7.31. The van der Waals surface area contributed by atoms with Gasteiger partial charge < -0.3 is 0 Å². The van der Waals surface area contributed by atoms with Crippen LogP contribution in [0, 0.1) is 6.92 Å². The van der Waals surface area contributed by atoms with Gasteiger partial charge in [0.2, 0.25) is 0 Å². The van der Waals surface area contributed by atoms with E-state index in [0.29, 0.717) is 15.9 Å². The SMILES string of the molecule is Cc1ccc(-c2nc(C(=O)Nn3cnc4ccc(Cl)cc4c3=O)cs2)cc1. The van der Waals surface area contributed by atoms with Crippen LogP contribution in [0.15, 0.2) is 59.0 Å². The van der Waals surface area contributed by atoms with Gasteiger partial charge in [0, 0.05) is 16.0 Å². The van der Waals surface area contributed by atoms with Gasteiger partial charge in [-0.05, 0) is 25.1 Å². The fourth-order valence-electron chi connectivity index (χ4n) is 2.55. The molecule has 8 heteroatoms. The third-order valence-corrected chi connectivity index (χ3v) is 5.10. The molecule has 0 aliphatic rings. The van der Waals surface area contributed by atoms with E-state index in [-0.39, 0.29) is 5.69 Å². The highest BCUT2D eigenvalue weighted by atomic mass is 35.5. The van der Waals surface area contributed by atoms with Crippen molar-refractivity contribution in [2.24, 2.45) is 0 Å². The van der Waals surface area contributed by atoms with Crippen molar-refractivity contribution in [3.63, 3.8) is 0 Å². The topological polar surface area (TPSA) is 76.9 Å². The molecule has 0 aliphatic heterocycles. The molecule has 4 rings (SSSR count). The molecule has 4 aromatic rings. The summed E-state index contributed by atoms with van der Waals surface area (Å²) < 4.78 is 1.03. The average Bonchev–Trinajstić information content (AvgIpc) is 3.15. The highest BCUT2D eigenvalue weighted by molar-refractivity contribution is 7.13. The van der Waals surface area contributed by atoms with Gasteiger partial charge in [-0.15, -0.1) is 11.3 Å². The minimum atomic E-state index is -0.491. The van der Waals surface area contributed by atoms with Crippen LogP contribution >= 0.6 is 22.9 Å². The summed E-state index contributed by atoms with van der Waals surface area (Å²) in [7, 11) is 0. The van der Waals surface area contributed by atoms with E-state index >= 15 is 0 Å². The molecule has 0 saturated carbocycles. The van der Waals surface area contributed by atoms with Crippen LogP contribution in [0.4, 0.5) is 0 Å². The maximum atomic E-state index is 12.5. The lowest BCUT2D eigenvalue weighted by atomic mass is 10.2. The number of nitrogens with one attached hydrogen (secondary N) is 1. The Kier molecular flexibility index (Phi) is 4.47. The van der Waals surface area contributed by atoms with Crippen LogP contribution in [0.3, 0.4) is 0 Å². The number of thiazole rings is 1. The molecule has 2 aromatic carbocycles. The lowest BCUT2D eigenvalue weighted by molar-refractivity contribution is 0.100. The maximum Gasteiger partial charge on any atom is 0.289 e. The number of carbonyl (C=O) groups is 1. The molecule has 0 spiro atoms. The van der Waals surface area contributed by atoms with Gasteiger partial charge in [-0.2, -0.15) is 0 Å². The van der Waals surface area contributed by atoms with Crippen molar-refractivity contribution in [3.05, 3.63) is 80.8 Å². The number of halogens is 1. The Balaban J connectivity index is 1.61. The molecule has 0 bridgehead atoms. The van der Waals surface area contributed by atoms with Crippen molar-refractivity contribution in [2.75, 3.05) is 5.43 Å². The Morgan fingerprint density at radius 3 is 2.74 bits per heavy atom. The molecule has 0 fully saturated rings. The van der Waals surface area contributed by atoms with E-state index < -0.39 is 11.5 Å². The van der Waals surface area contributed by atoms with Crippen LogP contribution < -0.4 is 11.0 Å². The highest BCUT2D eigenvalue weighted by Gasteiger charge is 2.14. The number of rotatable bonds is 3. The molecular formula is C19H13ClN4O2S. The van der Waals surface area contributed by atoms with Gasteiger partial charge in [-0.25, -0.2) is 14.6 Å². The second-order valence-electron chi connectivity index (χ2n) is 5.93. The smallest absolute Gasteiger partial charge is 0.267 e. The van der Waals surface area contributed by atoms with Crippen molar-refractivity contribution in [1.29, 1.82) is 0 Å². The summed E-state index contributed by atoms with van der Waals surface area (Å²) in [5.41, 5.74) is 4.92. The predicted octanol–water partition coefficient (Wildman–Crippen LogP) is 3.87. The molecule has 0 aliphatic carbocycles. The van der Waals surface area contributed by atoms with E-state index in [2.05, 4.69) is 15.4 Å². The van der Waals surface area contributed by atoms with E-state index in [0.717, 1.165) is 20.8 Å². The molecule has 2 heterocycles. The summed E-state index contributed by atoms with van der Waals surface area (Å²) in [6.07, 6.45) is 1.27. The highest BCUT2D eigenvalue weighted by Crippen LogP contribution is 2.24. The number of aromatic nitrogens is 3. The van der Waals surface area contributed by atoms with Crippen LogP contribution in [0.5, 0.6) is 0 Å². The first kappa shape index (κ1) is 17.4. The lowest BCUT2D eigenvalue weighted by Gasteiger charge is -2.07. The Morgan fingerprint density at radius 1 is 1.19 bits per heavy atom. The van der Waals surface area contributed by atoms with Crippen LogP contribution in [-0.2, 0) is 0 Å². The Hall–Kier alpha value is -3.03. The predicted molar refractivity (Wildman–Crippen MR) is 107 cm³/mol. The molecule has 0 radical (unpaired) electrons. The summed E-state index contributed by atoms with van der Waals surface area (Å²) in [6.45, 7) is 2.01. The molecule has 1 amide bonds. The van der Waals surface area contributed by atoms with E-state index in [9.17, 15) is 9.59 Å². The zero-order chi connectivity index (χ0) is 19.0. The minimum Gasteiger partial charge on any atom is -0.267 e. The number of hydrogen-bond donors (Lipinski definition) is 1. The number of carbonyl (C=O) groups excluding carboxylic acids is 1. The average molecular weight is 397 g/mol. The van der Waals surface area contributed by atoms with E-state index in [1.807, 2.05) is 31.2 Å². The standard InChI is InChI=1S/C19H13ClN4O2S/c1-11-2-4-12(5-3-11)18-22-16(9-27-18)17(25)23-24-10-21-15-7-6-13(20)8-14(15)19(24)26/h2-10H,1H3,(H,23,25). The molecular weight excluding hydrogens is 384 g/mol. The van der Waals surface area contributed by atoms with Gasteiger partial charge in [-0.3, -0.25) is 15.0 Å². The summed E-state index contributed by atoms with van der Waals surface area (Å²) in [5.74, 6) is -0.491. The second-order valence-corrected chi connectivity index (χ2v) is 7.22. The van der Waals surface area contributed by atoms with Crippen molar-refractivity contribution in [3.8, 4) is 10.6 Å². The van der Waals surface area contributed by atoms with Crippen molar-refractivity contribution in [1.82, 2.24) is 14.6 Å². The fraction of sp³-hybridized carbons (Fsp3) is 0.0526. The Bertz CT molecular complexity index is 1210. The third-order valence-electron chi connectivity index (χ3n) is 3.98. The molecule has 6 nitrogen and oxygen atoms in total. The van der Waals surface area contributed by atoms with Gasteiger partial charge in [0.05, 0.1) is 10.9 Å². The fourth-order valence-corrected chi connectivity index (χ4v) is 3.53. The third kappa shape index (κ3) is 3.47. The second kappa shape index (κ2) is 6.94. The number of amides is 1. The van der Waals surface area contributed by atoms with E-state index in [4.69, 9.17) is 11.6 Å². The normalized spacial score (nSPS) is 10.9. The summed E-state index contributed by atoms with van der Waals surface area (Å²) in [4.78, 5) is 33.6. The number of fused-ring (bicyclic) bond motifs is 1. The Labute approximate surface area is 163 Å². The molecule has 27 heavy (non-hydrogen) atoms. The molecule has 0 saturated heterocycles.